The predicted molar refractivity (Wildman–Crippen MR) is 75.9 cm³/mol. The fraction of sp³-hybridized carbons (Fsp3) is 1.00. The normalized spacial score (nSPS) is 28.5. The molecule has 0 bridgehead atoms. The molecule has 18 heavy (non-hydrogen) atoms. The first-order valence-electron chi connectivity index (χ1n) is 7.94. The summed E-state index contributed by atoms with van der Waals surface area (Å²) in [4.78, 5) is 2.74. The fourth-order valence-electron chi connectivity index (χ4n) is 3.57. The Balaban J connectivity index is 1.51. The first kappa shape index (κ1) is 14.3. The van der Waals surface area contributed by atoms with E-state index in [2.05, 4.69) is 17.1 Å². The predicted octanol–water partition coefficient (Wildman–Crippen LogP) is 2.27. The van der Waals surface area contributed by atoms with Crippen LogP contribution in [0.3, 0.4) is 0 Å². The molecule has 3 heteroatoms. The number of nitrogens with one attached hydrogen (secondary N) is 1. The smallest absolute Gasteiger partial charge is 0.0477 e. The van der Waals surface area contributed by atoms with Crippen LogP contribution in [0.1, 0.15) is 45.4 Å². The van der Waals surface area contributed by atoms with Crippen molar-refractivity contribution in [3.8, 4) is 0 Å². The van der Waals surface area contributed by atoms with E-state index in [4.69, 9.17) is 4.74 Å². The Labute approximate surface area is 112 Å². The van der Waals surface area contributed by atoms with Gasteiger partial charge in [0.1, 0.15) is 0 Å². The summed E-state index contributed by atoms with van der Waals surface area (Å²) in [6.45, 7) is 8.64. The van der Waals surface area contributed by atoms with Crippen LogP contribution >= 0.6 is 0 Å². The molecule has 1 N–H and O–H groups in total. The van der Waals surface area contributed by atoms with E-state index in [0.29, 0.717) is 0 Å². The molecule has 1 saturated heterocycles. The third kappa shape index (κ3) is 4.22. The number of fused-ring (bicyclic) bond motifs is 1. The van der Waals surface area contributed by atoms with Crippen LogP contribution < -0.4 is 5.32 Å². The molecule has 2 rings (SSSR count). The largest absolute Gasteiger partial charge is 0.382 e. The van der Waals surface area contributed by atoms with Crippen LogP contribution in [-0.2, 0) is 4.74 Å². The Kier molecular flexibility index (Phi) is 6.46. The fourth-order valence-corrected chi connectivity index (χ4v) is 3.57. The van der Waals surface area contributed by atoms with Crippen LogP contribution in [0.15, 0.2) is 0 Å². The van der Waals surface area contributed by atoms with Gasteiger partial charge in [-0.05, 0) is 51.6 Å². The minimum absolute atomic E-state index is 0.844. The maximum Gasteiger partial charge on any atom is 0.0477 e. The molecule has 2 unspecified atom stereocenters. The van der Waals surface area contributed by atoms with Crippen molar-refractivity contribution in [2.45, 2.75) is 51.5 Å². The topological polar surface area (TPSA) is 24.5 Å². The molecule has 0 aromatic heterocycles. The van der Waals surface area contributed by atoms with E-state index in [1.165, 1.54) is 45.2 Å². The molecule has 0 aromatic carbocycles. The Bertz CT molecular complexity index is 223. The molecule has 0 amide bonds. The van der Waals surface area contributed by atoms with Crippen LogP contribution in [0.25, 0.3) is 0 Å². The van der Waals surface area contributed by atoms with E-state index < -0.39 is 0 Å². The number of likely N-dealkylation sites (tertiary alicyclic amines) is 1. The van der Waals surface area contributed by atoms with Crippen molar-refractivity contribution >= 4 is 0 Å². The van der Waals surface area contributed by atoms with E-state index in [1.807, 2.05) is 0 Å². The highest BCUT2D eigenvalue weighted by Crippen LogP contribution is 2.35. The van der Waals surface area contributed by atoms with Crippen molar-refractivity contribution in [2.75, 3.05) is 39.4 Å². The highest BCUT2D eigenvalue weighted by atomic mass is 16.5. The lowest BCUT2D eigenvalue weighted by Gasteiger charge is -2.31. The van der Waals surface area contributed by atoms with Crippen molar-refractivity contribution in [1.82, 2.24) is 10.2 Å². The quantitative estimate of drug-likeness (QED) is 0.673. The van der Waals surface area contributed by atoms with Gasteiger partial charge in [0.15, 0.2) is 0 Å². The van der Waals surface area contributed by atoms with Gasteiger partial charge in [0.05, 0.1) is 0 Å². The molecule has 1 aliphatic carbocycles. The minimum atomic E-state index is 0.844. The summed E-state index contributed by atoms with van der Waals surface area (Å²) in [6.07, 6.45) is 8.47. The summed E-state index contributed by atoms with van der Waals surface area (Å²) >= 11 is 0. The first-order valence-corrected chi connectivity index (χ1v) is 7.94. The van der Waals surface area contributed by atoms with Crippen LogP contribution in [0.2, 0.25) is 0 Å². The van der Waals surface area contributed by atoms with Crippen molar-refractivity contribution in [1.29, 1.82) is 0 Å². The van der Waals surface area contributed by atoms with Crippen LogP contribution in [0.5, 0.6) is 0 Å². The van der Waals surface area contributed by atoms with Crippen molar-refractivity contribution in [2.24, 2.45) is 5.92 Å². The van der Waals surface area contributed by atoms with Crippen LogP contribution in [0, 0.1) is 5.92 Å². The number of ether oxygens (including phenoxy) is 1. The highest BCUT2D eigenvalue weighted by molar-refractivity contribution is 4.89. The van der Waals surface area contributed by atoms with E-state index in [1.54, 1.807) is 0 Å². The molecule has 2 fully saturated rings. The van der Waals surface area contributed by atoms with Crippen molar-refractivity contribution < 1.29 is 4.74 Å². The molecule has 1 saturated carbocycles. The summed E-state index contributed by atoms with van der Waals surface area (Å²) in [5, 5.41) is 3.55. The summed E-state index contributed by atoms with van der Waals surface area (Å²) in [6, 6.07) is 0.920. The van der Waals surface area contributed by atoms with Gasteiger partial charge in [0, 0.05) is 32.3 Å². The lowest BCUT2D eigenvalue weighted by Crippen LogP contribution is -2.39. The van der Waals surface area contributed by atoms with Gasteiger partial charge in [0.2, 0.25) is 0 Å². The van der Waals surface area contributed by atoms with Gasteiger partial charge in [-0.1, -0.05) is 12.8 Å². The van der Waals surface area contributed by atoms with Gasteiger partial charge in [-0.3, -0.25) is 4.90 Å². The number of nitrogens with zero attached hydrogens (tertiary/aromatic N) is 1. The lowest BCUT2D eigenvalue weighted by molar-refractivity contribution is 0.144. The van der Waals surface area contributed by atoms with E-state index >= 15 is 0 Å². The molecule has 0 aromatic rings. The summed E-state index contributed by atoms with van der Waals surface area (Å²) in [5.41, 5.74) is 0. The van der Waals surface area contributed by atoms with Gasteiger partial charge in [0.25, 0.3) is 0 Å². The third-order valence-corrected chi connectivity index (χ3v) is 4.55. The Morgan fingerprint density at radius 1 is 1.17 bits per heavy atom. The lowest BCUT2D eigenvalue weighted by atomic mass is 9.85. The molecule has 0 radical (unpaired) electrons. The second kappa shape index (κ2) is 8.13. The average molecular weight is 254 g/mol. The molecule has 3 nitrogen and oxygen atoms in total. The van der Waals surface area contributed by atoms with Gasteiger partial charge in [-0.25, -0.2) is 0 Å². The molecule has 2 aliphatic rings. The van der Waals surface area contributed by atoms with Crippen molar-refractivity contribution in [3.05, 3.63) is 0 Å². The van der Waals surface area contributed by atoms with Crippen LogP contribution in [0.4, 0.5) is 0 Å². The molecule has 2 atom stereocenters. The monoisotopic (exact) mass is 254 g/mol. The summed E-state index contributed by atoms with van der Waals surface area (Å²) < 4.78 is 5.33. The number of rotatable bonds is 8. The molecule has 0 spiro atoms. The molecule has 1 aliphatic heterocycles. The molecule has 106 valence electrons. The van der Waals surface area contributed by atoms with Crippen molar-refractivity contribution in [3.63, 3.8) is 0 Å². The number of hydrogen-bond donors (Lipinski definition) is 1. The molecular weight excluding hydrogens is 224 g/mol. The van der Waals surface area contributed by atoms with Gasteiger partial charge < -0.3 is 10.1 Å². The van der Waals surface area contributed by atoms with Gasteiger partial charge in [-0.2, -0.15) is 0 Å². The Morgan fingerprint density at radius 2 is 2.06 bits per heavy atom. The van der Waals surface area contributed by atoms with E-state index in [-0.39, 0.29) is 0 Å². The minimum Gasteiger partial charge on any atom is -0.382 e. The second-order valence-electron chi connectivity index (χ2n) is 5.74. The zero-order chi connectivity index (χ0) is 12.6. The number of hydrogen-bond acceptors (Lipinski definition) is 3. The highest BCUT2D eigenvalue weighted by Gasteiger charge is 2.34. The standard InChI is InChI=1S/C15H30N2O/c1-2-18-13-5-9-16-10-12-17-11-8-14-6-3-4-7-15(14)17/h14-16H,2-13H2,1H3. The van der Waals surface area contributed by atoms with Crippen LogP contribution in [-0.4, -0.2) is 50.3 Å². The Morgan fingerprint density at radius 3 is 2.94 bits per heavy atom. The second-order valence-corrected chi connectivity index (χ2v) is 5.74. The first-order chi connectivity index (χ1) is 8.92. The Hall–Kier alpha value is -0.120. The SMILES string of the molecule is CCOCCCNCCN1CCC2CCCCC21. The summed E-state index contributed by atoms with van der Waals surface area (Å²) in [5.74, 6) is 1.02. The van der Waals surface area contributed by atoms with Gasteiger partial charge >= 0.3 is 0 Å². The maximum absolute atomic E-state index is 5.33. The van der Waals surface area contributed by atoms with E-state index in [0.717, 1.165) is 44.7 Å². The average Bonchev–Trinajstić information content (AvgIpc) is 2.81. The third-order valence-electron chi connectivity index (χ3n) is 4.55. The maximum atomic E-state index is 5.33. The zero-order valence-electron chi connectivity index (χ0n) is 12.0. The molecule has 1 heterocycles. The zero-order valence-corrected chi connectivity index (χ0v) is 12.0. The summed E-state index contributed by atoms with van der Waals surface area (Å²) in [7, 11) is 0. The molecular formula is C15H30N2O. The van der Waals surface area contributed by atoms with Gasteiger partial charge in [-0.15, -0.1) is 0 Å². The van der Waals surface area contributed by atoms with E-state index in [9.17, 15) is 0 Å².